The van der Waals surface area contributed by atoms with Crippen LogP contribution < -0.4 is 4.74 Å². The van der Waals surface area contributed by atoms with Gasteiger partial charge in [0.05, 0.1) is 13.0 Å². The quantitative estimate of drug-likeness (QED) is 0.697. The molecule has 0 bridgehead atoms. The fraction of sp³-hybridized carbons (Fsp3) is 0.154. The molecule has 5 nitrogen and oxygen atoms in total. The lowest BCUT2D eigenvalue weighted by atomic mass is 10.3. The van der Waals surface area contributed by atoms with Crippen molar-refractivity contribution >= 4 is 34.4 Å². The first kappa shape index (κ1) is 13.1. The van der Waals surface area contributed by atoms with E-state index >= 15 is 0 Å². The number of fused-ring (bicyclic) bond motifs is 1. The molecule has 7 heteroatoms. The summed E-state index contributed by atoms with van der Waals surface area (Å²) in [6, 6.07) is 7.38. The minimum atomic E-state index is 0.252. The molecule has 0 saturated heterocycles. The molecule has 0 radical (unpaired) electrons. The van der Waals surface area contributed by atoms with Crippen molar-refractivity contribution in [1.82, 2.24) is 19.5 Å². The lowest BCUT2D eigenvalue weighted by molar-refractivity contribution is 0.401. The molecule has 0 amide bonds. The summed E-state index contributed by atoms with van der Waals surface area (Å²) in [7, 11) is 1.55. The summed E-state index contributed by atoms with van der Waals surface area (Å²) in [4.78, 5) is 12.8. The number of hydrogen-bond donors (Lipinski definition) is 0. The molecule has 3 rings (SSSR count). The summed E-state index contributed by atoms with van der Waals surface area (Å²) in [5.41, 5.74) is 2.11. The zero-order valence-electron chi connectivity index (χ0n) is 10.5. The van der Waals surface area contributed by atoms with Crippen LogP contribution in [0.25, 0.3) is 16.9 Å². The normalized spacial score (nSPS) is 10.9. The molecule has 0 saturated carbocycles. The Morgan fingerprint density at radius 2 is 1.95 bits per heavy atom. The van der Waals surface area contributed by atoms with E-state index in [-0.39, 0.29) is 5.88 Å². The summed E-state index contributed by atoms with van der Waals surface area (Å²) in [5.74, 6) is 1.35. The van der Waals surface area contributed by atoms with E-state index < -0.39 is 0 Å². The van der Waals surface area contributed by atoms with E-state index in [0.29, 0.717) is 27.9 Å². The largest absolute Gasteiger partial charge is 0.479 e. The molecule has 1 aromatic carbocycles. The summed E-state index contributed by atoms with van der Waals surface area (Å²) >= 11 is 11.9. The summed E-state index contributed by atoms with van der Waals surface area (Å²) in [6.45, 7) is 0. The van der Waals surface area contributed by atoms with Gasteiger partial charge in [0.15, 0.2) is 11.2 Å². The Hall–Kier alpha value is -1.85. The van der Waals surface area contributed by atoms with E-state index in [4.69, 9.17) is 27.9 Å². The number of aromatic nitrogens is 4. The molecule has 0 aliphatic carbocycles. The van der Waals surface area contributed by atoms with Gasteiger partial charge in [-0.25, -0.2) is 9.97 Å². The van der Waals surface area contributed by atoms with Gasteiger partial charge in [-0.15, -0.1) is 11.6 Å². The van der Waals surface area contributed by atoms with Crippen molar-refractivity contribution in [3.63, 3.8) is 0 Å². The smallest absolute Gasteiger partial charge is 0.245 e. The van der Waals surface area contributed by atoms with Crippen molar-refractivity contribution < 1.29 is 4.74 Å². The molecular weight excluding hydrogens is 299 g/mol. The molecule has 0 N–H and O–H groups in total. The van der Waals surface area contributed by atoms with Crippen LogP contribution in [0, 0.1) is 0 Å². The number of halogens is 2. The summed E-state index contributed by atoms with van der Waals surface area (Å²) in [5, 5.41) is 0.665. The Bertz CT molecular complexity index is 755. The van der Waals surface area contributed by atoms with Crippen LogP contribution in [0.5, 0.6) is 5.88 Å². The van der Waals surface area contributed by atoms with Gasteiger partial charge in [0.2, 0.25) is 5.88 Å². The van der Waals surface area contributed by atoms with Crippen LogP contribution in [0.2, 0.25) is 5.02 Å². The minimum Gasteiger partial charge on any atom is -0.479 e. The first-order valence-corrected chi connectivity index (χ1v) is 6.74. The average molecular weight is 309 g/mol. The van der Waals surface area contributed by atoms with Crippen LogP contribution in [0.1, 0.15) is 5.82 Å². The number of alkyl halides is 1. The summed E-state index contributed by atoms with van der Waals surface area (Å²) < 4.78 is 7.07. The maximum atomic E-state index is 5.98. The number of benzene rings is 1. The molecular formula is C13H10Cl2N4O. The third-order valence-corrected chi connectivity index (χ3v) is 3.37. The molecule has 3 aromatic rings. The molecule has 2 aromatic heterocycles. The van der Waals surface area contributed by atoms with Gasteiger partial charge in [-0.05, 0) is 24.3 Å². The Labute approximate surface area is 125 Å². The predicted molar refractivity (Wildman–Crippen MR) is 77.8 cm³/mol. The van der Waals surface area contributed by atoms with Crippen molar-refractivity contribution in [2.24, 2.45) is 0 Å². The van der Waals surface area contributed by atoms with E-state index in [1.54, 1.807) is 19.2 Å². The maximum Gasteiger partial charge on any atom is 0.245 e. The average Bonchev–Trinajstić information content (AvgIpc) is 2.86. The number of rotatable bonds is 3. The number of imidazole rings is 1. The Balaban J connectivity index is 2.30. The second-order valence-electron chi connectivity index (χ2n) is 4.03. The van der Waals surface area contributed by atoms with Gasteiger partial charge in [-0.1, -0.05) is 11.6 Å². The first-order valence-electron chi connectivity index (χ1n) is 5.83. The highest BCUT2D eigenvalue weighted by atomic mass is 35.5. The zero-order chi connectivity index (χ0) is 14.1. The van der Waals surface area contributed by atoms with Gasteiger partial charge in [0.1, 0.15) is 12.2 Å². The Kier molecular flexibility index (Phi) is 3.46. The standard InChI is InChI=1S/C13H10Cl2N4O/c1-20-13-11-12(16-7-17-13)19(10(6-14)18-11)9-4-2-8(15)3-5-9/h2-5,7H,6H2,1H3. The van der Waals surface area contributed by atoms with Crippen molar-refractivity contribution in [1.29, 1.82) is 0 Å². The lowest BCUT2D eigenvalue weighted by Gasteiger charge is -2.07. The molecule has 102 valence electrons. The molecule has 2 heterocycles. The van der Waals surface area contributed by atoms with Gasteiger partial charge in [0, 0.05) is 10.7 Å². The van der Waals surface area contributed by atoms with Crippen LogP contribution >= 0.6 is 23.2 Å². The maximum absolute atomic E-state index is 5.98. The lowest BCUT2D eigenvalue weighted by Crippen LogP contribution is -2.00. The van der Waals surface area contributed by atoms with E-state index in [1.165, 1.54) is 6.33 Å². The van der Waals surface area contributed by atoms with Crippen LogP contribution in [0.4, 0.5) is 0 Å². The van der Waals surface area contributed by atoms with Crippen molar-refractivity contribution in [2.45, 2.75) is 5.88 Å². The Morgan fingerprint density at radius 1 is 1.20 bits per heavy atom. The topological polar surface area (TPSA) is 52.8 Å². The van der Waals surface area contributed by atoms with Crippen LogP contribution in [-0.4, -0.2) is 26.6 Å². The molecule has 0 spiro atoms. The first-order chi connectivity index (χ1) is 9.74. The van der Waals surface area contributed by atoms with Gasteiger partial charge in [-0.3, -0.25) is 4.57 Å². The van der Waals surface area contributed by atoms with E-state index in [9.17, 15) is 0 Å². The fourth-order valence-electron chi connectivity index (χ4n) is 2.02. The molecule has 0 aliphatic heterocycles. The third-order valence-electron chi connectivity index (χ3n) is 2.88. The van der Waals surface area contributed by atoms with Crippen LogP contribution in [0.15, 0.2) is 30.6 Å². The highest BCUT2D eigenvalue weighted by Gasteiger charge is 2.16. The monoisotopic (exact) mass is 308 g/mol. The summed E-state index contributed by atoms with van der Waals surface area (Å²) in [6.07, 6.45) is 1.44. The van der Waals surface area contributed by atoms with Crippen LogP contribution in [-0.2, 0) is 5.88 Å². The zero-order valence-corrected chi connectivity index (χ0v) is 12.1. The van der Waals surface area contributed by atoms with Crippen molar-refractivity contribution in [3.8, 4) is 11.6 Å². The molecule has 0 aliphatic rings. The highest BCUT2D eigenvalue weighted by molar-refractivity contribution is 6.30. The van der Waals surface area contributed by atoms with Gasteiger partial charge >= 0.3 is 0 Å². The van der Waals surface area contributed by atoms with Crippen molar-refractivity contribution in [2.75, 3.05) is 7.11 Å². The molecule has 0 fully saturated rings. The van der Waals surface area contributed by atoms with Gasteiger partial charge in [-0.2, -0.15) is 4.98 Å². The van der Waals surface area contributed by atoms with E-state index in [0.717, 1.165) is 5.69 Å². The van der Waals surface area contributed by atoms with E-state index in [1.807, 2.05) is 16.7 Å². The highest BCUT2D eigenvalue weighted by Crippen LogP contribution is 2.26. The number of methoxy groups -OCH3 is 1. The Morgan fingerprint density at radius 3 is 2.60 bits per heavy atom. The molecule has 20 heavy (non-hydrogen) atoms. The number of ether oxygens (including phenoxy) is 1. The number of hydrogen-bond acceptors (Lipinski definition) is 4. The minimum absolute atomic E-state index is 0.252. The predicted octanol–water partition coefficient (Wildman–Crippen LogP) is 3.22. The second kappa shape index (κ2) is 5.26. The molecule has 0 unspecified atom stereocenters. The fourth-order valence-corrected chi connectivity index (χ4v) is 2.32. The third kappa shape index (κ3) is 2.09. The van der Waals surface area contributed by atoms with Gasteiger partial charge in [0.25, 0.3) is 0 Å². The van der Waals surface area contributed by atoms with Crippen molar-refractivity contribution in [3.05, 3.63) is 41.4 Å². The van der Waals surface area contributed by atoms with Gasteiger partial charge < -0.3 is 4.74 Å². The second-order valence-corrected chi connectivity index (χ2v) is 4.73. The SMILES string of the molecule is COc1ncnc2c1nc(CCl)n2-c1ccc(Cl)cc1. The van der Waals surface area contributed by atoms with Crippen LogP contribution in [0.3, 0.4) is 0 Å². The molecule has 0 atom stereocenters. The number of nitrogens with zero attached hydrogens (tertiary/aromatic N) is 4. The van der Waals surface area contributed by atoms with E-state index in [2.05, 4.69) is 15.0 Å².